The number of hydrogen-bond acceptors (Lipinski definition) is 4. The molecule has 5 nitrogen and oxygen atoms in total. The van der Waals surface area contributed by atoms with Gasteiger partial charge in [-0.05, 0) is 44.9 Å². The molecule has 0 radical (unpaired) electrons. The van der Waals surface area contributed by atoms with Gasteiger partial charge in [-0.2, -0.15) is 0 Å². The summed E-state index contributed by atoms with van der Waals surface area (Å²) in [6, 6.07) is 6.01. The standard InChI is InChI=1S/C20H27N3O2S/c1-6-10-23(20(24)21-14(2)3)11-17-13-26-19(22-17)12-25-18-9-7-8-15(4)16(18)5/h6-9,13-14H,1,10-12H2,2-5H3,(H,21,24). The maximum atomic E-state index is 12.3. The summed E-state index contributed by atoms with van der Waals surface area (Å²) in [5, 5.41) is 5.77. The lowest BCUT2D eigenvalue weighted by Crippen LogP contribution is -2.42. The quantitative estimate of drug-likeness (QED) is 0.696. The van der Waals surface area contributed by atoms with Crippen LogP contribution in [0.25, 0.3) is 0 Å². The van der Waals surface area contributed by atoms with Crippen molar-refractivity contribution in [1.29, 1.82) is 0 Å². The molecule has 0 saturated carbocycles. The van der Waals surface area contributed by atoms with Gasteiger partial charge in [0.15, 0.2) is 0 Å². The second-order valence-corrected chi connectivity index (χ2v) is 7.44. The Morgan fingerprint density at radius 3 is 2.88 bits per heavy atom. The molecule has 1 aromatic carbocycles. The topological polar surface area (TPSA) is 54.5 Å². The Kier molecular flexibility index (Phi) is 7.21. The molecule has 0 aliphatic heterocycles. The molecular formula is C20H27N3O2S. The lowest BCUT2D eigenvalue weighted by atomic mass is 10.1. The molecule has 0 spiro atoms. The predicted molar refractivity (Wildman–Crippen MR) is 107 cm³/mol. The molecule has 1 aromatic heterocycles. The van der Waals surface area contributed by atoms with Gasteiger partial charge in [0.2, 0.25) is 0 Å². The van der Waals surface area contributed by atoms with Gasteiger partial charge in [-0.25, -0.2) is 9.78 Å². The second kappa shape index (κ2) is 9.38. The maximum absolute atomic E-state index is 12.3. The van der Waals surface area contributed by atoms with Gasteiger partial charge in [-0.15, -0.1) is 17.9 Å². The Hall–Kier alpha value is -2.34. The summed E-state index contributed by atoms with van der Waals surface area (Å²) in [6.45, 7) is 13.1. The molecule has 0 atom stereocenters. The predicted octanol–water partition coefficient (Wildman–Crippen LogP) is 4.44. The van der Waals surface area contributed by atoms with Crippen molar-refractivity contribution in [2.75, 3.05) is 6.54 Å². The third kappa shape index (κ3) is 5.59. The van der Waals surface area contributed by atoms with E-state index >= 15 is 0 Å². The molecule has 0 bridgehead atoms. The maximum Gasteiger partial charge on any atom is 0.318 e. The zero-order valence-corrected chi connectivity index (χ0v) is 16.7. The van der Waals surface area contributed by atoms with E-state index in [4.69, 9.17) is 4.74 Å². The number of rotatable bonds is 8. The van der Waals surface area contributed by atoms with Gasteiger partial charge >= 0.3 is 6.03 Å². The normalized spacial score (nSPS) is 10.7. The molecule has 140 valence electrons. The number of benzene rings is 1. The van der Waals surface area contributed by atoms with Crippen molar-refractivity contribution in [1.82, 2.24) is 15.2 Å². The first-order chi connectivity index (χ1) is 12.4. The summed E-state index contributed by atoms with van der Waals surface area (Å²) in [6.07, 6.45) is 1.72. The van der Waals surface area contributed by atoms with Crippen LogP contribution in [0.3, 0.4) is 0 Å². The first kappa shape index (κ1) is 20.0. The summed E-state index contributed by atoms with van der Waals surface area (Å²) in [5.74, 6) is 0.881. The largest absolute Gasteiger partial charge is 0.486 e. The van der Waals surface area contributed by atoms with E-state index in [9.17, 15) is 4.79 Å². The van der Waals surface area contributed by atoms with Crippen molar-refractivity contribution < 1.29 is 9.53 Å². The van der Waals surface area contributed by atoms with E-state index in [1.807, 2.05) is 31.4 Å². The monoisotopic (exact) mass is 373 g/mol. The molecule has 2 aromatic rings. The second-order valence-electron chi connectivity index (χ2n) is 6.49. The van der Waals surface area contributed by atoms with Crippen LogP contribution in [-0.2, 0) is 13.2 Å². The average Bonchev–Trinajstić information content (AvgIpc) is 3.03. The Balaban J connectivity index is 1.98. The average molecular weight is 374 g/mol. The van der Waals surface area contributed by atoms with Gasteiger partial charge in [0.1, 0.15) is 17.4 Å². The van der Waals surface area contributed by atoms with Crippen LogP contribution in [0.5, 0.6) is 5.75 Å². The third-order valence-corrected chi connectivity index (χ3v) is 4.78. The summed E-state index contributed by atoms with van der Waals surface area (Å²) < 4.78 is 5.91. The van der Waals surface area contributed by atoms with Crippen LogP contribution in [-0.4, -0.2) is 28.5 Å². The van der Waals surface area contributed by atoms with Gasteiger partial charge in [0.25, 0.3) is 0 Å². The molecule has 2 amide bonds. The number of thiazole rings is 1. The molecule has 0 saturated heterocycles. The molecule has 1 N–H and O–H groups in total. The summed E-state index contributed by atoms with van der Waals surface area (Å²) >= 11 is 1.54. The highest BCUT2D eigenvalue weighted by molar-refractivity contribution is 7.09. The van der Waals surface area contributed by atoms with Crippen molar-refractivity contribution >= 4 is 17.4 Å². The van der Waals surface area contributed by atoms with E-state index in [2.05, 4.69) is 36.8 Å². The van der Waals surface area contributed by atoms with Crippen LogP contribution in [0.1, 0.15) is 35.7 Å². The Morgan fingerprint density at radius 2 is 2.19 bits per heavy atom. The smallest absolute Gasteiger partial charge is 0.318 e. The fraction of sp³-hybridized carbons (Fsp3) is 0.400. The zero-order chi connectivity index (χ0) is 19.1. The molecule has 26 heavy (non-hydrogen) atoms. The number of carbonyl (C=O) groups is 1. The van der Waals surface area contributed by atoms with Gasteiger partial charge < -0.3 is 15.0 Å². The minimum Gasteiger partial charge on any atom is -0.486 e. The van der Waals surface area contributed by atoms with Crippen molar-refractivity contribution in [3.63, 3.8) is 0 Å². The number of aromatic nitrogens is 1. The first-order valence-corrected chi connectivity index (χ1v) is 9.57. The van der Waals surface area contributed by atoms with Crippen LogP contribution in [0.4, 0.5) is 4.79 Å². The Bertz CT molecular complexity index is 755. The van der Waals surface area contributed by atoms with Crippen LogP contribution < -0.4 is 10.1 Å². The molecular weight excluding hydrogens is 346 g/mol. The van der Waals surface area contributed by atoms with E-state index in [1.165, 1.54) is 5.56 Å². The minimum atomic E-state index is -0.110. The summed E-state index contributed by atoms with van der Waals surface area (Å²) in [7, 11) is 0. The number of amides is 2. The number of urea groups is 1. The Labute approximate surface area is 159 Å². The van der Waals surface area contributed by atoms with Crippen molar-refractivity contribution in [2.45, 2.75) is 46.9 Å². The molecule has 0 aliphatic carbocycles. The lowest BCUT2D eigenvalue weighted by Gasteiger charge is -2.22. The van der Waals surface area contributed by atoms with Crippen LogP contribution >= 0.6 is 11.3 Å². The highest BCUT2D eigenvalue weighted by Gasteiger charge is 2.15. The summed E-state index contributed by atoms with van der Waals surface area (Å²) in [4.78, 5) is 18.5. The highest BCUT2D eigenvalue weighted by Crippen LogP contribution is 2.22. The number of carbonyl (C=O) groups excluding carboxylic acids is 1. The van der Waals surface area contributed by atoms with Crippen LogP contribution in [0, 0.1) is 13.8 Å². The van der Waals surface area contributed by atoms with Gasteiger partial charge in [-0.3, -0.25) is 0 Å². The number of nitrogens with zero attached hydrogens (tertiary/aromatic N) is 2. The fourth-order valence-electron chi connectivity index (χ4n) is 2.42. The number of hydrogen-bond donors (Lipinski definition) is 1. The SMILES string of the molecule is C=CCN(Cc1csc(COc2cccc(C)c2C)n1)C(=O)NC(C)C. The van der Waals surface area contributed by atoms with Gasteiger partial charge in [-0.1, -0.05) is 18.2 Å². The number of aryl methyl sites for hydroxylation is 1. The molecule has 6 heteroatoms. The van der Waals surface area contributed by atoms with Crippen molar-refractivity contribution in [2.24, 2.45) is 0 Å². The van der Waals surface area contributed by atoms with E-state index < -0.39 is 0 Å². The van der Waals surface area contributed by atoms with Gasteiger partial charge in [0, 0.05) is 18.0 Å². The first-order valence-electron chi connectivity index (χ1n) is 8.69. The van der Waals surface area contributed by atoms with Crippen LogP contribution in [0.2, 0.25) is 0 Å². The van der Waals surface area contributed by atoms with E-state index in [-0.39, 0.29) is 12.1 Å². The number of nitrogens with one attached hydrogen (secondary N) is 1. The molecule has 0 fully saturated rings. The molecule has 0 aliphatic rings. The molecule has 0 unspecified atom stereocenters. The molecule has 2 rings (SSSR count). The Morgan fingerprint density at radius 1 is 1.42 bits per heavy atom. The minimum absolute atomic E-state index is 0.0896. The highest BCUT2D eigenvalue weighted by atomic mass is 32.1. The van der Waals surface area contributed by atoms with E-state index in [1.54, 1.807) is 22.3 Å². The van der Waals surface area contributed by atoms with Crippen LogP contribution in [0.15, 0.2) is 36.2 Å². The fourth-order valence-corrected chi connectivity index (χ4v) is 3.11. The number of ether oxygens (including phenoxy) is 1. The van der Waals surface area contributed by atoms with Gasteiger partial charge in [0.05, 0.1) is 12.2 Å². The van der Waals surface area contributed by atoms with Crippen molar-refractivity contribution in [3.05, 3.63) is 58.1 Å². The van der Waals surface area contributed by atoms with E-state index in [0.29, 0.717) is 19.7 Å². The van der Waals surface area contributed by atoms with Crippen molar-refractivity contribution in [3.8, 4) is 5.75 Å². The molecule has 1 heterocycles. The van der Waals surface area contributed by atoms with E-state index in [0.717, 1.165) is 22.0 Å². The third-order valence-electron chi connectivity index (χ3n) is 3.91. The lowest BCUT2D eigenvalue weighted by molar-refractivity contribution is 0.198. The zero-order valence-electron chi connectivity index (χ0n) is 15.9. The summed E-state index contributed by atoms with van der Waals surface area (Å²) in [5.41, 5.74) is 3.21.